The van der Waals surface area contributed by atoms with Gasteiger partial charge in [-0.2, -0.15) is 0 Å². The second kappa shape index (κ2) is 5.68. The van der Waals surface area contributed by atoms with Gasteiger partial charge in [-0.05, 0) is 43.0 Å². The minimum absolute atomic E-state index is 0.0521. The number of carbonyl (C=O) groups is 1. The first-order valence-corrected chi connectivity index (χ1v) is 7.46. The lowest BCUT2D eigenvalue weighted by molar-refractivity contribution is -0.144. The number of carboxylic acids is 1. The molecule has 0 saturated heterocycles. The van der Waals surface area contributed by atoms with Gasteiger partial charge in [0.25, 0.3) is 0 Å². The summed E-state index contributed by atoms with van der Waals surface area (Å²) in [6.07, 6.45) is 1.80. The molecule has 1 aliphatic carbocycles. The summed E-state index contributed by atoms with van der Waals surface area (Å²) in [5.74, 6) is 0.0317. The smallest absolute Gasteiger partial charge is 0.324 e. The minimum Gasteiger partial charge on any atom is -0.490 e. The average molecular weight is 291 g/mol. The van der Waals surface area contributed by atoms with E-state index in [-0.39, 0.29) is 11.5 Å². The zero-order valence-corrected chi connectivity index (χ0v) is 13.3. The number of aliphatic carboxylic acids is 1. The summed E-state index contributed by atoms with van der Waals surface area (Å²) < 4.78 is 6.02. The Kier molecular flexibility index (Phi) is 4.28. The summed E-state index contributed by atoms with van der Waals surface area (Å²) in [5.41, 5.74) is 0.452. The number of benzene rings is 1. The number of rotatable bonds is 4. The van der Waals surface area contributed by atoms with E-state index in [0.717, 1.165) is 12.2 Å². The highest BCUT2D eigenvalue weighted by Crippen LogP contribution is 2.34. The van der Waals surface area contributed by atoms with Gasteiger partial charge >= 0.3 is 5.97 Å². The van der Waals surface area contributed by atoms with Gasteiger partial charge in [0, 0.05) is 6.42 Å². The average Bonchev–Trinajstić information content (AvgIpc) is 2.83. The molecule has 1 aromatic carbocycles. The first-order chi connectivity index (χ1) is 9.77. The molecule has 0 amide bonds. The Bertz CT molecular complexity index is 521. The highest BCUT2D eigenvalue weighted by molar-refractivity contribution is 5.79. The number of likely N-dealkylation sites (N-methyl/N-ethyl adjacent to an activating group) is 1. The third kappa shape index (κ3) is 3.38. The summed E-state index contributed by atoms with van der Waals surface area (Å²) in [4.78, 5) is 11.4. The van der Waals surface area contributed by atoms with E-state index in [0.29, 0.717) is 12.8 Å². The van der Waals surface area contributed by atoms with E-state index in [4.69, 9.17) is 4.74 Å². The third-order valence-electron chi connectivity index (χ3n) is 4.36. The van der Waals surface area contributed by atoms with Gasteiger partial charge in [0.05, 0.1) is 0 Å². The Morgan fingerprint density at radius 3 is 2.67 bits per heavy atom. The summed E-state index contributed by atoms with van der Waals surface area (Å²) in [7, 11) is 1.71. The molecule has 1 aromatic rings. The Hall–Kier alpha value is -1.55. The molecule has 1 aliphatic rings. The molecule has 2 atom stereocenters. The second-order valence-corrected chi connectivity index (χ2v) is 6.90. The van der Waals surface area contributed by atoms with Crippen LogP contribution in [0.1, 0.15) is 45.6 Å². The quantitative estimate of drug-likeness (QED) is 0.895. The number of nitrogens with one attached hydrogen (secondary N) is 1. The van der Waals surface area contributed by atoms with Crippen LogP contribution in [-0.4, -0.2) is 29.8 Å². The molecule has 0 heterocycles. The molecule has 1 saturated carbocycles. The standard InChI is InChI=1S/C17H25NO3/c1-16(2,3)12-6-5-7-13(10-12)21-14-8-9-17(11-14,18-4)15(19)20/h5-7,10,14,18H,8-9,11H2,1-4H3,(H,19,20). The fraction of sp³-hybridized carbons (Fsp3) is 0.588. The Labute approximate surface area is 126 Å². The molecule has 2 N–H and O–H groups in total. The van der Waals surface area contributed by atoms with Crippen LogP contribution in [0.25, 0.3) is 0 Å². The molecular formula is C17H25NO3. The van der Waals surface area contributed by atoms with Crippen LogP contribution in [0, 0.1) is 0 Å². The van der Waals surface area contributed by atoms with Crippen LogP contribution in [0.3, 0.4) is 0 Å². The minimum atomic E-state index is -0.841. The van der Waals surface area contributed by atoms with Crippen LogP contribution in [-0.2, 0) is 10.2 Å². The summed E-state index contributed by atoms with van der Waals surface area (Å²) in [6, 6.07) is 8.08. The zero-order chi connectivity index (χ0) is 15.7. The summed E-state index contributed by atoms with van der Waals surface area (Å²) in [6.45, 7) is 6.49. The van der Waals surface area contributed by atoms with Crippen LogP contribution >= 0.6 is 0 Å². The maximum absolute atomic E-state index is 11.4. The van der Waals surface area contributed by atoms with Gasteiger partial charge in [0.1, 0.15) is 17.4 Å². The molecule has 0 aliphatic heterocycles. The van der Waals surface area contributed by atoms with Crippen molar-refractivity contribution in [1.29, 1.82) is 0 Å². The normalized spacial score (nSPS) is 25.8. The first kappa shape index (κ1) is 15.8. The largest absolute Gasteiger partial charge is 0.490 e. The van der Waals surface area contributed by atoms with Crippen molar-refractivity contribution in [2.45, 2.75) is 57.1 Å². The molecule has 0 spiro atoms. The Morgan fingerprint density at radius 1 is 1.43 bits per heavy atom. The highest BCUT2D eigenvalue weighted by Gasteiger charge is 2.45. The maximum atomic E-state index is 11.4. The molecular weight excluding hydrogens is 266 g/mol. The van der Waals surface area contributed by atoms with Gasteiger partial charge in [0.2, 0.25) is 0 Å². The van der Waals surface area contributed by atoms with E-state index in [2.05, 4.69) is 38.2 Å². The molecule has 2 unspecified atom stereocenters. The number of hydrogen-bond donors (Lipinski definition) is 2. The van der Waals surface area contributed by atoms with Gasteiger partial charge in [-0.15, -0.1) is 0 Å². The molecule has 1 fully saturated rings. The summed E-state index contributed by atoms with van der Waals surface area (Å²) in [5, 5.41) is 12.3. The molecule has 0 radical (unpaired) electrons. The van der Waals surface area contributed by atoms with Crippen LogP contribution in [0.2, 0.25) is 0 Å². The highest BCUT2D eigenvalue weighted by atomic mass is 16.5. The molecule has 2 rings (SSSR count). The SMILES string of the molecule is CNC1(C(=O)O)CCC(Oc2cccc(C(C)(C)C)c2)C1. The van der Waals surface area contributed by atoms with Gasteiger partial charge < -0.3 is 15.2 Å². The van der Waals surface area contributed by atoms with E-state index in [1.807, 2.05) is 12.1 Å². The van der Waals surface area contributed by atoms with Gasteiger partial charge in [-0.1, -0.05) is 32.9 Å². The fourth-order valence-corrected chi connectivity index (χ4v) is 2.86. The van der Waals surface area contributed by atoms with Gasteiger partial charge in [-0.25, -0.2) is 0 Å². The zero-order valence-electron chi connectivity index (χ0n) is 13.3. The number of hydrogen-bond acceptors (Lipinski definition) is 3. The van der Waals surface area contributed by atoms with Crippen molar-refractivity contribution < 1.29 is 14.6 Å². The summed E-state index contributed by atoms with van der Waals surface area (Å²) >= 11 is 0. The second-order valence-electron chi connectivity index (χ2n) is 6.90. The van der Waals surface area contributed by atoms with Crippen molar-refractivity contribution in [2.24, 2.45) is 0 Å². The maximum Gasteiger partial charge on any atom is 0.324 e. The van der Waals surface area contributed by atoms with E-state index in [9.17, 15) is 9.90 Å². The van der Waals surface area contributed by atoms with Crippen molar-refractivity contribution in [1.82, 2.24) is 5.32 Å². The van der Waals surface area contributed by atoms with Gasteiger partial charge in [0.15, 0.2) is 0 Å². The molecule has 0 bridgehead atoms. The molecule has 21 heavy (non-hydrogen) atoms. The first-order valence-electron chi connectivity index (χ1n) is 7.46. The lowest BCUT2D eigenvalue weighted by Crippen LogP contribution is -2.48. The van der Waals surface area contributed by atoms with Crippen molar-refractivity contribution >= 4 is 5.97 Å². The van der Waals surface area contributed by atoms with Crippen LogP contribution in [0.5, 0.6) is 5.75 Å². The molecule has 4 heteroatoms. The Balaban J connectivity index is 2.09. The van der Waals surface area contributed by atoms with Crippen molar-refractivity contribution in [2.75, 3.05) is 7.05 Å². The molecule has 4 nitrogen and oxygen atoms in total. The third-order valence-corrected chi connectivity index (χ3v) is 4.36. The van der Waals surface area contributed by atoms with Crippen molar-refractivity contribution in [3.63, 3.8) is 0 Å². The number of ether oxygens (including phenoxy) is 1. The van der Waals surface area contributed by atoms with E-state index in [1.165, 1.54) is 5.56 Å². The molecule has 116 valence electrons. The fourth-order valence-electron chi connectivity index (χ4n) is 2.86. The molecule has 0 aromatic heterocycles. The van der Waals surface area contributed by atoms with Crippen LogP contribution in [0.4, 0.5) is 0 Å². The predicted octanol–water partition coefficient (Wildman–Crippen LogP) is 2.96. The number of carboxylic acid groups (broad SMARTS) is 1. The Morgan fingerprint density at radius 2 is 2.14 bits per heavy atom. The topological polar surface area (TPSA) is 58.6 Å². The lowest BCUT2D eigenvalue weighted by atomic mass is 9.87. The lowest BCUT2D eigenvalue weighted by Gasteiger charge is -2.24. The van der Waals surface area contributed by atoms with E-state index < -0.39 is 11.5 Å². The van der Waals surface area contributed by atoms with Crippen molar-refractivity contribution in [3.8, 4) is 5.75 Å². The van der Waals surface area contributed by atoms with Crippen LogP contribution in [0.15, 0.2) is 24.3 Å². The van der Waals surface area contributed by atoms with Crippen LogP contribution < -0.4 is 10.1 Å². The van der Waals surface area contributed by atoms with Gasteiger partial charge in [-0.3, -0.25) is 4.79 Å². The van der Waals surface area contributed by atoms with E-state index >= 15 is 0 Å². The predicted molar refractivity (Wildman–Crippen MR) is 82.8 cm³/mol. The monoisotopic (exact) mass is 291 g/mol. The van der Waals surface area contributed by atoms with E-state index in [1.54, 1.807) is 7.05 Å². The van der Waals surface area contributed by atoms with Crippen molar-refractivity contribution in [3.05, 3.63) is 29.8 Å².